The van der Waals surface area contributed by atoms with E-state index in [2.05, 4.69) is 14.8 Å². The lowest BCUT2D eigenvalue weighted by Gasteiger charge is -2.12. The van der Waals surface area contributed by atoms with Gasteiger partial charge in [0.25, 0.3) is 0 Å². The summed E-state index contributed by atoms with van der Waals surface area (Å²) in [5.74, 6) is 1.39. The molecule has 2 aromatic rings. The number of sulfonamides is 1. The van der Waals surface area contributed by atoms with Crippen molar-refractivity contribution in [2.75, 3.05) is 12.8 Å². The molecule has 0 aliphatic rings. The number of aryl methyl sites for hydroxylation is 2. The molecule has 0 aliphatic heterocycles. The van der Waals surface area contributed by atoms with Crippen molar-refractivity contribution in [3.63, 3.8) is 0 Å². The van der Waals surface area contributed by atoms with Gasteiger partial charge in [0.15, 0.2) is 5.82 Å². The van der Waals surface area contributed by atoms with Crippen molar-refractivity contribution in [2.24, 2.45) is 0 Å². The molecule has 0 atom stereocenters. The molecule has 3 N–H and O–H groups in total. The first-order valence-electron chi connectivity index (χ1n) is 6.71. The Balaban J connectivity index is 2.73. The number of benzene rings is 1. The summed E-state index contributed by atoms with van der Waals surface area (Å²) in [5.41, 5.74) is 6.54. The number of rotatable bonds is 5. The maximum atomic E-state index is 12.2. The van der Waals surface area contributed by atoms with Crippen molar-refractivity contribution in [1.82, 2.24) is 19.5 Å². The van der Waals surface area contributed by atoms with Crippen LogP contribution in [0, 0.1) is 0 Å². The second-order valence-electron chi connectivity index (χ2n) is 4.50. The van der Waals surface area contributed by atoms with E-state index in [-0.39, 0.29) is 4.90 Å². The van der Waals surface area contributed by atoms with Gasteiger partial charge in [0.2, 0.25) is 10.0 Å². The molecule has 1 heterocycles. The molecule has 0 saturated heterocycles. The molecule has 0 bridgehead atoms. The number of hydrogen-bond acceptors (Lipinski definition) is 5. The molecule has 0 aliphatic carbocycles. The third-order valence-electron chi connectivity index (χ3n) is 3.12. The molecule has 21 heavy (non-hydrogen) atoms. The van der Waals surface area contributed by atoms with E-state index in [4.69, 9.17) is 5.73 Å². The third kappa shape index (κ3) is 2.91. The third-order valence-corrected chi connectivity index (χ3v) is 4.56. The molecular weight excluding hydrogens is 290 g/mol. The molecule has 7 nitrogen and oxygen atoms in total. The van der Waals surface area contributed by atoms with Crippen LogP contribution < -0.4 is 10.5 Å². The van der Waals surface area contributed by atoms with Crippen LogP contribution in [0.25, 0.3) is 5.69 Å². The van der Waals surface area contributed by atoms with E-state index in [1.54, 1.807) is 16.8 Å². The van der Waals surface area contributed by atoms with Gasteiger partial charge in [0.1, 0.15) is 10.7 Å². The van der Waals surface area contributed by atoms with Gasteiger partial charge >= 0.3 is 0 Å². The maximum Gasteiger partial charge on any atom is 0.242 e. The minimum absolute atomic E-state index is 0.0900. The zero-order chi connectivity index (χ0) is 15.6. The lowest BCUT2D eigenvalue weighted by atomic mass is 10.3. The Labute approximate surface area is 124 Å². The Hall–Kier alpha value is -1.93. The lowest BCUT2D eigenvalue weighted by Crippen LogP contribution is -2.21. The van der Waals surface area contributed by atoms with E-state index >= 15 is 0 Å². The Morgan fingerprint density at radius 2 is 2.00 bits per heavy atom. The monoisotopic (exact) mass is 309 g/mol. The fourth-order valence-corrected chi connectivity index (χ4v) is 2.94. The van der Waals surface area contributed by atoms with Crippen molar-refractivity contribution < 1.29 is 8.42 Å². The first-order chi connectivity index (χ1) is 9.92. The zero-order valence-corrected chi connectivity index (χ0v) is 13.1. The summed E-state index contributed by atoms with van der Waals surface area (Å²) in [4.78, 5) is 4.49. The lowest BCUT2D eigenvalue weighted by molar-refractivity contribution is 0.587. The fourth-order valence-electron chi connectivity index (χ4n) is 1.99. The van der Waals surface area contributed by atoms with E-state index in [0.717, 1.165) is 0 Å². The number of anilines is 1. The van der Waals surface area contributed by atoms with Crippen LogP contribution in [0.4, 0.5) is 5.69 Å². The Bertz CT molecular complexity index is 752. The SMILES string of the molecule is CCc1nc(CC)n(-c2ccc(N)cc2S(=O)(=O)NC)n1. The normalized spacial score (nSPS) is 11.8. The number of aromatic nitrogens is 3. The van der Waals surface area contributed by atoms with Gasteiger partial charge in [-0.15, -0.1) is 0 Å². The zero-order valence-electron chi connectivity index (χ0n) is 12.3. The molecule has 0 saturated carbocycles. The quantitative estimate of drug-likeness (QED) is 0.798. The van der Waals surface area contributed by atoms with Crippen LogP contribution >= 0.6 is 0 Å². The van der Waals surface area contributed by atoms with Crippen molar-refractivity contribution in [2.45, 2.75) is 31.6 Å². The predicted octanol–water partition coefficient (Wildman–Crippen LogP) is 0.882. The highest BCUT2D eigenvalue weighted by Gasteiger charge is 2.21. The summed E-state index contributed by atoms with van der Waals surface area (Å²) in [5, 5.41) is 4.38. The summed E-state index contributed by atoms with van der Waals surface area (Å²) < 4.78 is 28.3. The second kappa shape index (κ2) is 5.82. The Morgan fingerprint density at radius 3 is 2.57 bits per heavy atom. The summed E-state index contributed by atoms with van der Waals surface area (Å²) >= 11 is 0. The number of nitrogens with one attached hydrogen (secondary N) is 1. The molecular formula is C13H19N5O2S. The number of hydrogen-bond donors (Lipinski definition) is 2. The molecule has 0 unspecified atom stereocenters. The van der Waals surface area contributed by atoms with Gasteiger partial charge in [-0.2, -0.15) is 5.10 Å². The summed E-state index contributed by atoms with van der Waals surface area (Å²) in [7, 11) is -2.28. The molecule has 114 valence electrons. The van der Waals surface area contributed by atoms with E-state index in [9.17, 15) is 8.42 Å². The highest BCUT2D eigenvalue weighted by molar-refractivity contribution is 7.89. The fraction of sp³-hybridized carbons (Fsp3) is 0.385. The van der Waals surface area contributed by atoms with Crippen LogP contribution in [0.2, 0.25) is 0 Å². The van der Waals surface area contributed by atoms with E-state index in [1.807, 2.05) is 13.8 Å². The summed E-state index contributed by atoms with van der Waals surface area (Å²) in [6.07, 6.45) is 1.33. The molecule has 1 aromatic carbocycles. The number of nitrogens with zero attached hydrogens (tertiary/aromatic N) is 3. The summed E-state index contributed by atoms with van der Waals surface area (Å²) in [6, 6.07) is 4.72. The summed E-state index contributed by atoms with van der Waals surface area (Å²) in [6.45, 7) is 3.90. The van der Waals surface area contributed by atoms with Gasteiger partial charge in [-0.3, -0.25) is 0 Å². The Kier molecular flexibility index (Phi) is 4.29. The van der Waals surface area contributed by atoms with Crippen LogP contribution in [0.5, 0.6) is 0 Å². The topological polar surface area (TPSA) is 103 Å². The van der Waals surface area contributed by atoms with Crippen LogP contribution in [-0.2, 0) is 22.9 Å². The van der Waals surface area contributed by atoms with Gasteiger partial charge in [0.05, 0.1) is 5.69 Å². The average molecular weight is 309 g/mol. The largest absolute Gasteiger partial charge is 0.399 e. The highest BCUT2D eigenvalue weighted by atomic mass is 32.2. The van der Waals surface area contributed by atoms with Crippen LogP contribution in [0.15, 0.2) is 23.1 Å². The molecule has 0 spiro atoms. The maximum absolute atomic E-state index is 12.2. The van der Waals surface area contributed by atoms with Gasteiger partial charge in [-0.1, -0.05) is 13.8 Å². The highest BCUT2D eigenvalue weighted by Crippen LogP contribution is 2.23. The van der Waals surface area contributed by atoms with Crippen LogP contribution in [0.1, 0.15) is 25.5 Å². The number of nitrogen functional groups attached to an aromatic ring is 1. The minimum Gasteiger partial charge on any atom is -0.399 e. The van der Waals surface area contributed by atoms with Crippen LogP contribution in [-0.4, -0.2) is 30.2 Å². The van der Waals surface area contributed by atoms with Gasteiger partial charge < -0.3 is 5.73 Å². The molecule has 8 heteroatoms. The number of nitrogens with two attached hydrogens (primary N) is 1. The smallest absolute Gasteiger partial charge is 0.242 e. The molecule has 0 fully saturated rings. The van der Waals surface area contributed by atoms with Gasteiger partial charge in [-0.25, -0.2) is 22.8 Å². The second-order valence-corrected chi connectivity index (χ2v) is 6.35. The molecule has 0 radical (unpaired) electrons. The first kappa shape index (κ1) is 15.5. The molecule has 0 amide bonds. The van der Waals surface area contributed by atoms with E-state index < -0.39 is 10.0 Å². The van der Waals surface area contributed by atoms with Crippen molar-refractivity contribution in [1.29, 1.82) is 0 Å². The average Bonchev–Trinajstić information content (AvgIpc) is 2.90. The molecule has 2 rings (SSSR count). The van der Waals surface area contributed by atoms with Crippen molar-refractivity contribution >= 4 is 15.7 Å². The molecule has 1 aromatic heterocycles. The van der Waals surface area contributed by atoms with Crippen molar-refractivity contribution in [3.05, 3.63) is 29.8 Å². The minimum atomic E-state index is -3.64. The van der Waals surface area contributed by atoms with Crippen LogP contribution in [0.3, 0.4) is 0 Å². The first-order valence-corrected chi connectivity index (χ1v) is 8.19. The van der Waals surface area contributed by atoms with E-state index in [0.29, 0.717) is 35.9 Å². The van der Waals surface area contributed by atoms with Gasteiger partial charge in [-0.05, 0) is 25.2 Å². The standard InChI is InChI=1S/C13H19N5O2S/c1-4-12-16-13(5-2)18(17-12)10-7-6-9(14)8-11(10)21(19,20)15-3/h6-8,15H,4-5,14H2,1-3H3. The van der Waals surface area contributed by atoms with Gasteiger partial charge in [0, 0.05) is 18.5 Å². The van der Waals surface area contributed by atoms with Crippen molar-refractivity contribution in [3.8, 4) is 5.69 Å². The Morgan fingerprint density at radius 1 is 1.29 bits per heavy atom. The van der Waals surface area contributed by atoms with E-state index in [1.165, 1.54) is 13.1 Å². The predicted molar refractivity (Wildman–Crippen MR) is 80.8 cm³/mol.